The van der Waals surface area contributed by atoms with Gasteiger partial charge in [0.1, 0.15) is 11.6 Å². The molecule has 1 aromatic heterocycles. The number of rotatable bonds is 2. The Morgan fingerprint density at radius 1 is 1.21 bits per heavy atom. The lowest BCUT2D eigenvalue weighted by Gasteiger charge is -2.44. The molecule has 1 atom stereocenters. The van der Waals surface area contributed by atoms with Gasteiger partial charge in [-0.05, 0) is 41.8 Å². The quantitative estimate of drug-likeness (QED) is 0.913. The van der Waals surface area contributed by atoms with E-state index in [1.807, 2.05) is 35.2 Å². The van der Waals surface area contributed by atoms with Crippen LogP contribution >= 0.6 is 11.3 Å². The third-order valence-corrected chi connectivity index (χ3v) is 6.36. The fourth-order valence-corrected chi connectivity index (χ4v) is 4.98. The summed E-state index contributed by atoms with van der Waals surface area (Å²) in [7, 11) is 0. The highest BCUT2D eigenvalue weighted by Gasteiger charge is 2.43. The molecule has 4 rings (SSSR count). The van der Waals surface area contributed by atoms with Crippen LogP contribution < -0.4 is 5.73 Å². The second-order valence-electron chi connectivity index (χ2n) is 6.58. The van der Waals surface area contributed by atoms with E-state index >= 15 is 0 Å². The van der Waals surface area contributed by atoms with Crippen LogP contribution in [-0.2, 0) is 21.6 Å². The van der Waals surface area contributed by atoms with Gasteiger partial charge in [-0.15, -0.1) is 11.3 Å². The molecule has 3 heterocycles. The second kappa shape index (κ2) is 6.31. The van der Waals surface area contributed by atoms with Crippen LogP contribution in [0.1, 0.15) is 34.9 Å². The Labute approximate surface area is 146 Å². The van der Waals surface area contributed by atoms with Gasteiger partial charge in [-0.25, -0.2) is 0 Å². The first-order valence-electron chi connectivity index (χ1n) is 8.50. The monoisotopic (exact) mass is 342 g/mol. The van der Waals surface area contributed by atoms with E-state index in [1.165, 1.54) is 10.4 Å². The van der Waals surface area contributed by atoms with E-state index in [0.29, 0.717) is 13.1 Å². The molecule has 2 aliphatic rings. The van der Waals surface area contributed by atoms with Crippen molar-refractivity contribution in [3.05, 3.63) is 57.8 Å². The number of benzene rings is 1. The van der Waals surface area contributed by atoms with Gasteiger partial charge < -0.3 is 15.4 Å². The standard InChI is InChI=1S/C19H22N2O2S/c20-16(14-4-2-1-3-5-14)18(22)21-10-8-19(9-11-21)17-15(6-12-23-19)7-13-24-17/h1-5,7,13,16H,6,8-12,20H2/t16-/m0/s1. The Morgan fingerprint density at radius 3 is 2.71 bits per heavy atom. The molecule has 1 spiro atoms. The maximum Gasteiger partial charge on any atom is 0.244 e. The van der Waals surface area contributed by atoms with Crippen LogP contribution in [0.5, 0.6) is 0 Å². The van der Waals surface area contributed by atoms with Gasteiger partial charge >= 0.3 is 0 Å². The minimum Gasteiger partial charge on any atom is -0.369 e. The van der Waals surface area contributed by atoms with Gasteiger partial charge in [-0.3, -0.25) is 4.79 Å². The molecule has 4 nitrogen and oxygen atoms in total. The molecule has 2 N–H and O–H groups in total. The van der Waals surface area contributed by atoms with Crippen LogP contribution in [0.25, 0.3) is 0 Å². The van der Waals surface area contributed by atoms with Gasteiger partial charge in [0.25, 0.3) is 0 Å². The van der Waals surface area contributed by atoms with E-state index in [9.17, 15) is 4.79 Å². The Hall–Kier alpha value is -1.69. The molecule has 2 aromatic rings. The van der Waals surface area contributed by atoms with Crippen molar-refractivity contribution in [2.24, 2.45) is 5.73 Å². The van der Waals surface area contributed by atoms with E-state index < -0.39 is 6.04 Å². The zero-order valence-electron chi connectivity index (χ0n) is 13.6. The number of hydrogen-bond acceptors (Lipinski definition) is 4. The fraction of sp³-hybridized carbons (Fsp3) is 0.421. The van der Waals surface area contributed by atoms with Crippen molar-refractivity contribution in [1.29, 1.82) is 0 Å². The van der Waals surface area contributed by atoms with Crippen LogP contribution in [0.3, 0.4) is 0 Å². The number of nitrogens with zero attached hydrogens (tertiary/aromatic N) is 1. The fourth-order valence-electron chi connectivity index (χ4n) is 3.81. The number of thiophene rings is 1. The molecule has 0 radical (unpaired) electrons. The van der Waals surface area contributed by atoms with Crippen molar-refractivity contribution in [1.82, 2.24) is 4.90 Å². The molecule has 0 bridgehead atoms. The van der Waals surface area contributed by atoms with E-state index in [4.69, 9.17) is 10.5 Å². The number of carbonyl (C=O) groups excluding carboxylic acids is 1. The SMILES string of the molecule is N[C@H](C(=O)N1CCC2(CC1)OCCc1ccsc12)c1ccccc1. The number of ether oxygens (including phenoxy) is 1. The van der Waals surface area contributed by atoms with Crippen molar-refractivity contribution in [2.75, 3.05) is 19.7 Å². The second-order valence-corrected chi connectivity index (χ2v) is 7.50. The minimum atomic E-state index is -0.579. The lowest BCUT2D eigenvalue weighted by Crippen LogP contribution is -2.49. The number of likely N-dealkylation sites (tertiary alicyclic amines) is 1. The van der Waals surface area contributed by atoms with Crippen molar-refractivity contribution in [2.45, 2.75) is 30.9 Å². The molecule has 2 aliphatic heterocycles. The highest BCUT2D eigenvalue weighted by atomic mass is 32.1. The van der Waals surface area contributed by atoms with Gasteiger partial charge in [0.2, 0.25) is 5.91 Å². The van der Waals surface area contributed by atoms with Gasteiger partial charge in [0, 0.05) is 18.0 Å². The predicted molar refractivity (Wildman–Crippen MR) is 94.8 cm³/mol. The number of piperidine rings is 1. The number of carbonyl (C=O) groups is 1. The summed E-state index contributed by atoms with van der Waals surface area (Å²) in [4.78, 5) is 16.0. The third-order valence-electron chi connectivity index (χ3n) is 5.22. The highest BCUT2D eigenvalue weighted by molar-refractivity contribution is 7.10. The van der Waals surface area contributed by atoms with Crippen molar-refractivity contribution < 1.29 is 9.53 Å². The van der Waals surface area contributed by atoms with Gasteiger partial charge in [0.15, 0.2) is 0 Å². The van der Waals surface area contributed by atoms with Crippen molar-refractivity contribution in [3.8, 4) is 0 Å². The summed E-state index contributed by atoms with van der Waals surface area (Å²) in [6, 6.07) is 11.2. The van der Waals surface area contributed by atoms with Crippen LogP contribution in [-0.4, -0.2) is 30.5 Å². The first-order valence-corrected chi connectivity index (χ1v) is 9.38. The Bertz CT molecular complexity index is 720. The van der Waals surface area contributed by atoms with Gasteiger partial charge in [0.05, 0.1) is 6.61 Å². The molecule has 5 heteroatoms. The summed E-state index contributed by atoms with van der Waals surface area (Å²) in [6.45, 7) is 2.19. The zero-order valence-corrected chi connectivity index (χ0v) is 14.4. The summed E-state index contributed by atoms with van der Waals surface area (Å²) in [6.07, 6.45) is 2.71. The van der Waals surface area contributed by atoms with E-state index in [1.54, 1.807) is 11.3 Å². The third kappa shape index (κ3) is 2.66. The molecule has 0 aliphatic carbocycles. The topological polar surface area (TPSA) is 55.6 Å². The smallest absolute Gasteiger partial charge is 0.244 e. The zero-order chi connectivity index (χ0) is 16.6. The largest absolute Gasteiger partial charge is 0.369 e. The van der Waals surface area contributed by atoms with Crippen molar-refractivity contribution >= 4 is 17.2 Å². The first kappa shape index (κ1) is 15.8. The Kier molecular flexibility index (Phi) is 4.16. The van der Waals surface area contributed by atoms with E-state index in [-0.39, 0.29) is 11.5 Å². The molecule has 1 saturated heterocycles. The van der Waals surface area contributed by atoms with Crippen LogP contribution in [0, 0.1) is 0 Å². The van der Waals surface area contributed by atoms with Crippen LogP contribution in [0.2, 0.25) is 0 Å². The normalized spacial score (nSPS) is 20.6. The average Bonchev–Trinajstić information content (AvgIpc) is 3.12. The van der Waals surface area contributed by atoms with Gasteiger partial charge in [-0.1, -0.05) is 30.3 Å². The maximum absolute atomic E-state index is 12.7. The number of nitrogens with two attached hydrogens (primary N) is 1. The molecule has 1 fully saturated rings. The first-order chi connectivity index (χ1) is 11.7. The molecular weight excluding hydrogens is 320 g/mol. The number of fused-ring (bicyclic) bond motifs is 2. The predicted octanol–water partition coefficient (Wildman–Crippen LogP) is 2.84. The molecule has 0 unspecified atom stereocenters. The molecule has 0 saturated carbocycles. The van der Waals surface area contributed by atoms with Crippen LogP contribution in [0.15, 0.2) is 41.8 Å². The summed E-state index contributed by atoms with van der Waals surface area (Å²) in [5.41, 5.74) is 8.29. The Balaban J connectivity index is 1.46. The molecule has 1 amide bonds. The van der Waals surface area contributed by atoms with Crippen LogP contribution in [0.4, 0.5) is 0 Å². The molecule has 1 aromatic carbocycles. The summed E-state index contributed by atoms with van der Waals surface area (Å²) in [5, 5.41) is 2.16. The molecule has 24 heavy (non-hydrogen) atoms. The molecular formula is C19H22N2O2S. The minimum absolute atomic E-state index is 0.0123. The number of amides is 1. The lowest BCUT2D eigenvalue weighted by atomic mass is 9.85. The number of hydrogen-bond donors (Lipinski definition) is 1. The summed E-state index contributed by atoms with van der Waals surface area (Å²) in [5.74, 6) is 0.0123. The Morgan fingerprint density at radius 2 is 1.96 bits per heavy atom. The summed E-state index contributed by atoms with van der Waals surface area (Å²) >= 11 is 1.79. The van der Waals surface area contributed by atoms with E-state index in [0.717, 1.165) is 31.4 Å². The maximum atomic E-state index is 12.7. The highest BCUT2D eigenvalue weighted by Crippen LogP contribution is 2.44. The lowest BCUT2D eigenvalue weighted by molar-refractivity contribution is -0.141. The molecule has 126 valence electrons. The van der Waals surface area contributed by atoms with E-state index in [2.05, 4.69) is 11.4 Å². The average molecular weight is 342 g/mol. The van der Waals surface area contributed by atoms with Gasteiger partial charge in [-0.2, -0.15) is 0 Å². The van der Waals surface area contributed by atoms with Crippen molar-refractivity contribution in [3.63, 3.8) is 0 Å². The summed E-state index contributed by atoms with van der Waals surface area (Å²) < 4.78 is 6.21.